The summed E-state index contributed by atoms with van der Waals surface area (Å²) in [6.45, 7) is 0. The van der Waals surface area contributed by atoms with Gasteiger partial charge in [-0.05, 0) is 24.3 Å². The highest BCUT2D eigenvalue weighted by molar-refractivity contribution is 7.14. The van der Waals surface area contributed by atoms with Crippen LogP contribution >= 0.6 is 11.3 Å². The minimum absolute atomic E-state index is 0.310. The van der Waals surface area contributed by atoms with E-state index in [1.54, 1.807) is 35.7 Å². The Morgan fingerprint density at radius 1 is 1.04 bits per heavy atom. The van der Waals surface area contributed by atoms with Crippen molar-refractivity contribution >= 4 is 28.2 Å². The molecule has 3 rings (SSSR count). The lowest BCUT2D eigenvalue weighted by atomic mass is 10.2. The maximum atomic E-state index is 13.0. The summed E-state index contributed by atoms with van der Waals surface area (Å²) in [4.78, 5) is 16.5. The zero-order valence-electron chi connectivity index (χ0n) is 14.1. The Bertz CT molecular complexity index is 890. The second kappa shape index (κ2) is 7.83. The van der Waals surface area contributed by atoms with Crippen LogP contribution in [0.5, 0.6) is 11.5 Å². The predicted molar refractivity (Wildman–Crippen MR) is 99.7 cm³/mol. The molecule has 0 spiro atoms. The summed E-state index contributed by atoms with van der Waals surface area (Å²) in [5.74, 6) is 0.815. The molecule has 2 N–H and O–H groups in total. The lowest BCUT2D eigenvalue weighted by Gasteiger charge is -2.09. The van der Waals surface area contributed by atoms with E-state index in [1.807, 2.05) is 0 Å². The number of amides is 2. The Labute approximate surface area is 153 Å². The number of urea groups is 1. The number of thiazole rings is 1. The smallest absolute Gasteiger partial charge is 0.325 e. The second-order valence-electron chi connectivity index (χ2n) is 5.23. The van der Waals surface area contributed by atoms with Crippen molar-refractivity contribution in [2.75, 3.05) is 24.9 Å². The van der Waals surface area contributed by atoms with Gasteiger partial charge in [-0.2, -0.15) is 0 Å². The monoisotopic (exact) mass is 373 g/mol. The normalized spacial score (nSPS) is 10.3. The summed E-state index contributed by atoms with van der Waals surface area (Å²) in [5, 5.41) is 7.59. The number of aromatic nitrogens is 1. The molecule has 0 radical (unpaired) electrons. The van der Waals surface area contributed by atoms with Gasteiger partial charge < -0.3 is 14.8 Å². The molecule has 0 unspecified atom stereocenters. The Balaban J connectivity index is 1.68. The number of anilines is 2. The van der Waals surface area contributed by atoms with Gasteiger partial charge in [-0.3, -0.25) is 5.32 Å². The van der Waals surface area contributed by atoms with E-state index in [2.05, 4.69) is 15.6 Å². The van der Waals surface area contributed by atoms with Crippen LogP contribution in [-0.2, 0) is 0 Å². The molecule has 0 saturated carbocycles. The Hall–Kier alpha value is -3.13. The number of carbonyl (C=O) groups excluding carboxylic acids is 1. The lowest BCUT2D eigenvalue weighted by Crippen LogP contribution is -2.19. The summed E-state index contributed by atoms with van der Waals surface area (Å²) in [6.07, 6.45) is 0. The fraction of sp³-hybridized carbons (Fsp3) is 0.111. The van der Waals surface area contributed by atoms with E-state index in [-0.39, 0.29) is 5.82 Å². The standard InChI is InChI=1S/C18H16FN3O3S/c1-24-14-7-13(8-15(9-14)25-2)20-17(23)22-18-21-16(10-26-18)11-3-5-12(19)6-4-11/h3-10H,1-2H3,(H2,20,21,22,23). The Kier molecular flexibility index (Phi) is 5.33. The number of hydrogen-bond acceptors (Lipinski definition) is 5. The summed E-state index contributed by atoms with van der Waals surface area (Å²) in [6, 6.07) is 10.6. The molecule has 0 atom stereocenters. The van der Waals surface area contributed by atoms with Crippen molar-refractivity contribution in [3.8, 4) is 22.8 Å². The zero-order chi connectivity index (χ0) is 18.5. The first kappa shape index (κ1) is 17.7. The highest BCUT2D eigenvalue weighted by atomic mass is 32.1. The van der Waals surface area contributed by atoms with Crippen LogP contribution in [0.15, 0.2) is 47.8 Å². The molecule has 0 fully saturated rings. The van der Waals surface area contributed by atoms with Crippen molar-refractivity contribution in [1.29, 1.82) is 0 Å². The number of carbonyl (C=O) groups is 1. The molecule has 6 nitrogen and oxygen atoms in total. The first-order valence-electron chi connectivity index (χ1n) is 7.60. The number of methoxy groups -OCH3 is 2. The van der Waals surface area contributed by atoms with Gasteiger partial charge in [0, 0.05) is 34.8 Å². The molecule has 1 heterocycles. The summed E-state index contributed by atoms with van der Waals surface area (Å²) >= 11 is 1.28. The number of nitrogens with one attached hydrogen (secondary N) is 2. The molecule has 0 saturated heterocycles. The van der Waals surface area contributed by atoms with Crippen molar-refractivity contribution in [2.45, 2.75) is 0 Å². The summed E-state index contributed by atoms with van der Waals surface area (Å²) < 4.78 is 23.3. The van der Waals surface area contributed by atoms with Gasteiger partial charge in [-0.25, -0.2) is 14.2 Å². The molecule has 2 amide bonds. The van der Waals surface area contributed by atoms with Crippen molar-refractivity contribution in [3.05, 3.63) is 53.7 Å². The van der Waals surface area contributed by atoms with Gasteiger partial charge in [0.1, 0.15) is 17.3 Å². The fourth-order valence-corrected chi connectivity index (χ4v) is 2.94. The molecule has 0 aliphatic carbocycles. The van der Waals surface area contributed by atoms with E-state index < -0.39 is 6.03 Å². The molecule has 0 aliphatic rings. The van der Waals surface area contributed by atoms with Gasteiger partial charge >= 0.3 is 6.03 Å². The SMILES string of the molecule is COc1cc(NC(=O)Nc2nc(-c3ccc(F)cc3)cs2)cc(OC)c1. The average molecular weight is 373 g/mol. The van der Waals surface area contributed by atoms with Crippen LogP contribution in [0.2, 0.25) is 0 Å². The fourth-order valence-electron chi connectivity index (χ4n) is 2.22. The van der Waals surface area contributed by atoms with Crippen LogP contribution in [0.25, 0.3) is 11.3 Å². The maximum absolute atomic E-state index is 13.0. The van der Waals surface area contributed by atoms with Gasteiger partial charge in [0.15, 0.2) is 5.13 Å². The number of halogens is 1. The number of rotatable bonds is 5. The first-order valence-corrected chi connectivity index (χ1v) is 8.48. The number of hydrogen-bond donors (Lipinski definition) is 2. The highest BCUT2D eigenvalue weighted by Gasteiger charge is 2.10. The molecule has 3 aromatic rings. The van der Waals surface area contributed by atoms with Crippen LogP contribution < -0.4 is 20.1 Å². The molecule has 0 aliphatic heterocycles. The van der Waals surface area contributed by atoms with E-state index in [0.717, 1.165) is 5.56 Å². The van der Waals surface area contributed by atoms with Crippen LogP contribution in [0.1, 0.15) is 0 Å². The van der Waals surface area contributed by atoms with Gasteiger partial charge in [-0.1, -0.05) is 0 Å². The summed E-state index contributed by atoms with van der Waals surface area (Å²) in [7, 11) is 3.07. The van der Waals surface area contributed by atoms with Gasteiger partial charge in [-0.15, -0.1) is 11.3 Å². The quantitative estimate of drug-likeness (QED) is 0.685. The van der Waals surface area contributed by atoms with E-state index in [9.17, 15) is 9.18 Å². The van der Waals surface area contributed by atoms with Crippen molar-refractivity contribution in [3.63, 3.8) is 0 Å². The Morgan fingerprint density at radius 3 is 2.31 bits per heavy atom. The van der Waals surface area contributed by atoms with Crippen molar-refractivity contribution in [2.24, 2.45) is 0 Å². The third-order valence-electron chi connectivity index (χ3n) is 3.47. The van der Waals surface area contributed by atoms with Crippen molar-refractivity contribution < 1.29 is 18.7 Å². The largest absolute Gasteiger partial charge is 0.497 e. The van der Waals surface area contributed by atoms with Gasteiger partial charge in [0.05, 0.1) is 19.9 Å². The van der Waals surface area contributed by atoms with Crippen molar-refractivity contribution in [1.82, 2.24) is 4.98 Å². The number of ether oxygens (including phenoxy) is 2. The van der Waals surface area contributed by atoms with Gasteiger partial charge in [0.2, 0.25) is 0 Å². The van der Waals surface area contributed by atoms with E-state index in [1.165, 1.54) is 37.7 Å². The minimum Gasteiger partial charge on any atom is -0.497 e. The molecular formula is C18H16FN3O3S. The third-order valence-corrected chi connectivity index (χ3v) is 4.23. The average Bonchev–Trinajstić information content (AvgIpc) is 3.10. The number of benzene rings is 2. The van der Waals surface area contributed by atoms with E-state index in [0.29, 0.717) is 28.0 Å². The van der Waals surface area contributed by atoms with Crippen LogP contribution in [0.3, 0.4) is 0 Å². The number of nitrogens with zero attached hydrogens (tertiary/aromatic N) is 1. The maximum Gasteiger partial charge on any atom is 0.325 e. The first-order chi connectivity index (χ1) is 12.6. The van der Waals surface area contributed by atoms with E-state index in [4.69, 9.17) is 9.47 Å². The second-order valence-corrected chi connectivity index (χ2v) is 6.08. The van der Waals surface area contributed by atoms with Crippen LogP contribution in [0, 0.1) is 5.82 Å². The molecule has 134 valence electrons. The van der Waals surface area contributed by atoms with E-state index >= 15 is 0 Å². The van der Waals surface area contributed by atoms with Gasteiger partial charge in [0.25, 0.3) is 0 Å². The molecule has 0 bridgehead atoms. The lowest BCUT2D eigenvalue weighted by molar-refractivity contribution is 0.262. The Morgan fingerprint density at radius 2 is 1.69 bits per heavy atom. The summed E-state index contributed by atoms with van der Waals surface area (Å²) in [5.41, 5.74) is 1.95. The molecule has 8 heteroatoms. The molecular weight excluding hydrogens is 357 g/mol. The topological polar surface area (TPSA) is 72.5 Å². The third kappa shape index (κ3) is 4.28. The molecule has 26 heavy (non-hydrogen) atoms. The van der Waals surface area contributed by atoms with Crippen LogP contribution in [0.4, 0.5) is 20.0 Å². The zero-order valence-corrected chi connectivity index (χ0v) is 14.9. The minimum atomic E-state index is -0.444. The van der Waals surface area contributed by atoms with Crippen LogP contribution in [-0.4, -0.2) is 25.2 Å². The molecule has 2 aromatic carbocycles. The predicted octanol–water partition coefficient (Wildman–Crippen LogP) is 4.61. The highest BCUT2D eigenvalue weighted by Crippen LogP contribution is 2.27. The molecule has 1 aromatic heterocycles.